The van der Waals surface area contributed by atoms with Crippen molar-refractivity contribution in [1.82, 2.24) is 0 Å². The zero-order valence-corrected chi connectivity index (χ0v) is 16.7. The fourth-order valence-electron chi connectivity index (χ4n) is 3.95. The Bertz CT molecular complexity index is 937. The largest absolute Gasteiger partial charge is 0.388 e. The molecule has 1 aliphatic carbocycles. The van der Waals surface area contributed by atoms with Crippen LogP contribution in [0.4, 0.5) is 11.4 Å². The van der Waals surface area contributed by atoms with Gasteiger partial charge in [0.05, 0.1) is 6.04 Å². The minimum atomic E-state index is 0.238. The number of nitrogens with one attached hydrogen (secondary N) is 2. The van der Waals surface area contributed by atoms with Gasteiger partial charge in [0.1, 0.15) is 0 Å². The van der Waals surface area contributed by atoms with Crippen LogP contribution in [0.15, 0.2) is 66.7 Å². The molecule has 3 aromatic rings. The molecule has 1 aliphatic rings. The number of fused-ring (bicyclic) bond motifs is 1. The molecule has 2 atom stereocenters. The Morgan fingerprint density at radius 3 is 2.44 bits per heavy atom. The first-order valence-electron chi connectivity index (χ1n) is 9.19. The molecule has 0 saturated heterocycles. The zero-order valence-electron chi connectivity index (χ0n) is 15.2. The number of halogens is 2. The molecule has 4 heteroatoms. The van der Waals surface area contributed by atoms with E-state index in [1.165, 1.54) is 16.7 Å². The molecule has 0 heterocycles. The molecule has 2 unspecified atom stereocenters. The highest BCUT2D eigenvalue weighted by Gasteiger charge is 2.32. The van der Waals surface area contributed by atoms with Gasteiger partial charge in [0.15, 0.2) is 0 Å². The molecule has 0 aromatic heterocycles. The van der Waals surface area contributed by atoms with Gasteiger partial charge in [-0.25, -0.2) is 0 Å². The smallest absolute Gasteiger partial charge is 0.0551 e. The predicted octanol–water partition coefficient (Wildman–Crippen LogP) is 6.60. The topological polar surface area (TPSA) is 24.1 Å². The molecule has 4 rings (SSSR count). The summed E-state index contributed by atoms with van der Waals surface area (Å²) in [5.41, 5.74) is 6.27. The lowest BCUT2D eigenvalue weighted by molar-refractivity contribution is 0.489. The van der Waals surface area contributed by atoms with Crippen LogP contribution in [0.25, 0.3) is 0 Å². The van der Waals surface area contributed by atoms with Crippen LogP contribution in [-0.2, 0) is 12.8 Å². The summed E-state index contributed by atoms with van der Waals surface area (Å²) in [4.78, 5) is 0. The van der Waals surface area contributed by atoms with E-state index in [1.807, 2.05) is 37.4 Å². The zero-order chi connectivity index (χ0) is 18.8. The average Bonchev–Trinajstić information content (AvgIpc) is 3.00. The number of hydrogen-bond donors (Lipinski definition) is 2. The minimum absolute atomic E-state index is 0.238. The van der Waals surface area contributed by atoms with Gasteiger partial charge < -0.3 is 10.6 Å². The molecule has 0 radical (unpaired) electrons. The third-order valence-electron chi connectivity index (χ3n) is 5.28. The van der Waals surface area contributed by atoms with Crippen molar-refractivity contribution in [3.8, 4) is 0 Å². The van der Waals surface area contributed by atoms with Crippen molar-refractivity contribution in [2.24, 2.45) is 5.92 Å². The summed E-state index contributed by atoms with van der Waals surface area (Å²) >= 11 is 12.3. The molecule has 0 spiro atoms. The highest BCUT2D eigenvalue weighted by Crippen LogP contribution is 2.41. The first-order valence-corrected chi connectivity index (χ1v) is 9.95. The Labute approximate surface area is 170 Å². The molecule has 0 fully saturated rings. The summed E-state index contributed by atoms with van der Waals surface area (Å²) in [6.07, 6.45) is 2.05. The van der Waals surface area contributed by atoms with Crippen LogP contribution in [0.3, 0.4) is 0 Å². The molecule has 27 heavy (non-hydrogen) atoms. The van der Waals surface area contributed by atoms with E-state index in [0.29, 0.717) is 5.92 Å². The van der Waals surface area contributed by atoms with Crippen LogP contribution in [-0.4, -0.2) is 7.05 Å². The van der Waals surface area contributed by atoms with E-state index in [0.717, 1.165) is 34.3 Å². The molecular weight excluding hydrogens is 375 g/mol. The number of hydrogen-bond acceptors (Lipinski definition) is 2. The Morgan fingerprint density at radius 1 is 0.889 bits per heavy atom. The van der Waals surface area contributed by atoms with E-state index in [-0.39, 0.29) is 6.04 Å². The fourth-order valence-corrected chi connectivity index (χ4v) is 4.26. The maximum Gasteiger partial charge on any atom is 0.0551 e. The van der Waals surface area contributed by atoms with E-state index >= 15 is 0 Å². The molecule has 0 aliphatic heterocycles. The molecule has 0 amide bonds. The molecule has 138 valence electrons. The maximum atomic E-state index is 6.20. The van der Waals surface area contributed by atoms with Gasteiger partial charge in [0, 0.05) is 28.5 Å². The number of rotatable bonds is 5. The van der Waals surface area contributed by atoms with Gasteiger partial charge in [0.25, 0.3) is 0 Å². The second kappa shape index (κ2) is 7.84. The van der Waals surface area contributed by atoms with Crippen molar-refractivity contribution in [2.45, 2.75) is 18.9 Å². The Hall–Kier alpha value is -2.16. The lowest BCUT2D eigenvalue weighted by Gasteiger charge is -2.24. The summed E-state index contributed by atoms with van der Waals surface area (Å²) in [5.74, 6) is 0.465. The fraction of sp³-hybridized carbons (Fsp3) is 0.217. The number of benzene rings is 3. The van der Waals surface area contributed by atoms with Crippen molar-refractivity contribution in [1.29, 1.82) is 0 Å². The summed E-state index contributed by atoms with van der Waals surface area (Å²) < 4.78 is 0. The van der Waals surface area contributed by atoms with Gasteiger partial charge in [-0.05, 0) is 77.9 Å². The van der Waals surface area contributed by atoms with Crippen molar-refractivity contribution in [3.05, 3.63) is 93.5 Å². The standard InChI is InChI=1S/C23H22Cl2N2/c1-26-20-10-7-16-12-17(11-15-5-8-18(24)9-6-15)23(22(16)14-20)27-21-4-2-3-19(25)13-21/h2-10,13-14,17,23,26-27H,11-12H2,1H3. The van der Waals surface area contributed by atoms with Gasteiger partial charge in [-0.15, -0.1) is 0 Å². The second-order valence-electron chi connectivity index (χ2n) is 7.09. The first-order chi connectivity index (χ1) is 13.1. The minimum Gasteiger partial charge on any atom is -0.388 e. The summed E-state index contributed by atoms with van der Waals surface area (Å²) in [6.45, 7) is 0. The molecule has 2 N–H and O–H groups in total. The van der Waals surface area contributed by atoms with Crippen LogP contribution < -0.4 is 10.6 Å². The first kappa shape index (κ1) is 18.2. The lowest BCUT2D eigenvalue weighted by Crippen LogP contribution is -2.19. The Kier molecular flexibility index (Phi) is 5.29. The van der Waals surface area contributed by atoms with Gasteiger partial charge >= 0.3 is 0 Å². The van der Waals surface area contributed by atoms with Crippen molar-refractivity contribution in [2.75, 3.05) is 17.7 Å². The van der Waals surface area contributed by atoms with Crippen LogP contribution in [0.2, 0.25) is 10.0 Å². The summed E-state index contributed by atoms with van der Waals surface area (Å²) in [6, 6.07) is 23.0. The second-order valence-corrected chi connectivity index (χ2v) is 7.96. The van der Waals surface area contributed by atoms with Crippen LogP contribution in [0.1, 0.15) is 22.7 Å². The Morgan fingerprint density at radius 2 is 1.70 bits per heavy atom. The van der Waals surface area contributed by atoms with Gasteiger partial charge in [-0.3, -0.25) is 0 Å². The van der Waals surface area contributed by atoms with Crippen molar-refractivity contribution < 1.29 is 0 Å². The van der Waals surface area contributed by atoms with E-state index in [1.54, 1.807) is 0 Å². The Balaban J connectivity index is 1.65. The SMILES string of the molecule is CNc1ccc2c(c1)C(Nc1cccc(Cl)c1)C(Cc1ccc(Cl)cc1)C2. The monoisotopic (exact) mass is 396 g/mol. The molecule has 3 aromatic carbocycles. The van der Waals surface area contributed by atoms with Crippen molar-refractivity contribution in [3.63, 3.8) is 0 Å². The van der Waals surface area contributed by atoms with Crippen LogP contribution in [0, 0.1) is 5.92 Å². The van der Waals surface area contributed by atoms with E-state index in [2.05, 4.69) is 47.0 Å². The molecule has 0 saturated carbocycles. The average molecular weight is 397 g/mol. The van der Waals surface area contributed by atoms with Crippen LogP contribution >= 0.6 is 23.2 Å². The number of anilines is 2. The molecular formula is C23H22Cl2N2. The van der Waals surface area contributed by atoms with E-state index in [4.69, 9.17) is 23.2 Å². The third kappa shape index (κ3) is 4.07. The third-order valence-corrected chi connectivity index (χ3v) is 5.77. The van der Waals surface area contributed by atoms with Gasteiger partial charge in [-0.2, -0.15) is 0 Å². The summed E-state index contributed by atoms with van der Waals surface area (Å²) in [7, 11) is 1.96. The van der Waals surface area contributed by atoms with Crippen LogP contribution in [0.5, 0.6) is 0 Å². The predicted molar refractivity (Wildman–Crippen MR) is 116 cm³/mol. The van der Waals surface area contributed by atoms with Crippen molar-refractivity contribution >= 4 is 34.6 Å². The maximum absolute atomic E-state index is 6.20. The molecule has 2 nitrogen and oxygen atoms in total. The van der Waals surface area contributed by atoms with E-state index < -0.39 is 0 Å². The lowest BCUT2D eigenvalue weighted by atomic mass is 9.92. The normalized spacial score (nSPS) is 18.2. The highest BCUT2D eigenvalue weighted by molar-refractivity contribution is 6.31. The highest BCUT2D eigenvalue weighted by atomic mass is 35.5. The molecule has 0 bridgehead atoms. The van der Waals surface area contributed by atoms with E-state index in [9.17, 15) is 0 Å². The quantitative estimate of drug-likeness (QED) is 0.507. The summed E-state index contributed by atoms with van der Waals surface area (Å²) in [5, 5.41) is 8.52. The van der Waals surface area contributed by atoms with Gasteiger partial charge in [0.2, 0.25) is 0 Å². The van der Waals surface area contributed by atoms with Gasteiger partial charge in [-0.1, -0.05) is 47.5 Å².